The van der Waals surface area contributed by atoms with Gasteiger partial charge in [0, 0.05) is 45.1 Å². The highest BCUT2D eigenvalue weighted by Gasteiger charge is 2.32. The molecule has 1 fully saturated rings. The largest absolute Gasteiger partial charge is 0.353 e. The van der Waals surface area contributed by atoms with Crippen molar-refractivity contribution in [3.8, 4) is 0 Å². The Bertz CT molecular complexity index is 406. The quantitative estimate of drug-likeness (QED) is 0.600. The average molecular weight is 308 g/mol. The van der Waals surface area contributed by atoms with Crippen molar-refractivity contribution >= 4 is 15.9 Å². The molecule has 1 unspecified atom stereocenters. The minimum absolute atomic E-state index is 0.0367. The summed E-state index contributed by atoms with van der Waals surface area (Å²) in [6.45, 7) is 5.80. The predicted octanol–water partition coefficient (Wildman–Crippen LogP) is -0.0874. The lowest BCUT2D eigenvalue weighted by atomic mass is 10.1. The van der Waals surface area contributed by atoms with Crippen LogP contribution in [0, 0.1) is 5.92 Å². The summed E-state index contributed by atoms with van der Waals surface area (Å²) >= 11 is 0. The molecule has 0 aromatic carbocycles. The van der Waals surface area contributed by atoms with Crippen LogP contribution in [0.5, 0.6) is 0 Å². The van der Waals surface area contributed by atoms with Crippen LogP contribution in [0.1, 0.15) is 26.7 Å². The Labute approximate surface area is 120 Å². The first-order valence-electron chi connectivity index (χ1n) is 6.87. The van der Waals surface area contributed by atoms with Crippen LogP contribution in [0.2, 0.25) is 0 Å². The topological polar surface area (TPSA) is 98.9 Å². The van der Waals surface area contributed by atoms with Crippen LogP contribution >= 0.6 is 0 Å². The molecule has 1 aliphatic rings. The first-order chi connectivity index (χ1) is 9.35. The number of ether oxygens (including phenoxy) is 2. The van der Waals surface area contributed by atoms with Crippen molar-refractivity contribution in [3.05, 3.63) is 0 Å². The number of sulfonamides is 1. The fourth-order valence-corrected chi connectivity index (χ4v) is 3.24. The van der Waals surface area contributed by atoms with E-state index in [4.69, 9.17) is 14.6 Å². The summed E-state index contributed by atoms with van der Waals surface area (Å²) in [6.07, 6.45) is 0.495. The third-order valence-electron chi connectivity index (χ3n) is 3.10. The molecular formula is C12H24N2O5S. The second kappa shape index (κ2) is 7.92. The van der Waals surface area contributed by atoms with Gasteiger partial charge in [-0.15, -0.1) is 0 Å². The van der Waals surface area contributed by atoms with Gasteiger partial charge in [-0.1, -0.05) is 0 Å². The third-order valence-corrected chi connectivity index (χ3v) is 4.04. The maximum absolute atomic E-state index is 11.8. The Morgan fingerprint density at radius 3 is 2.45 bits per heavy atom. The zero-order chi connectivity index (χ0) is 15.2. The molecule has 1 amide bonds. The fraction of sp³-hybridized carbons (Fsp3) is 0.917. The Hall–Kier alpha value is -0.700. The molecule has 2 N–H and O–H groups in total. The standard InChI is InChI=1S/C12H24N2O5S/c1-3-18-12(19-4-2)5-6-14-8-10(7-11(14)15)9-20(13,16)17/h10,12H,3-9H2,1-2H3,(H2,13,16,17). The van der Waals surface area contributed by atoms with Gasteiger partial charge in [0.25, 0.3) is 0 Å². The van der Waals surface area contributed by atoms with E-state index in [1.54, 1.807) is 4.90 Å². The van der Waals surface area contributed by atoms with Gasteiger partial charge in [0.2, 0.25) is 15.9 Å². The number of nitrogens with zero attached hydrogens (tertiary/aromatic N) is 1. The van der Waals surface area contributed by atoms with E-state index in [0.717, 1.165) is 0 Å². The summed E-state index contributed by atoms with van der Waals surface area (Å²) < 4.78 is 32.9. The predicted molar refractivity (Wildman–Crippen MR) is 74.3 cm³/mol. The Balaban J connectivity index is 2.42. The van der Waals surface area contributed by atoms with Crippen LogP contribution in [0.4, 0.5) is 0 Å². The van der Waals surface area contributed by atoms with Crippen molar-refractivity contribution in [2.75, 3.05) is 32.1 Å². The van der Waals surface area contributed by atoms with Gasteiger partial charge < -0.3 is 14.4 Å². The molecular weight excluding hydrogens is 284 g/mol. The summed E-state index contributed by atoms with van der Waals surface area (Å²) in [7, 11) is -3.53. The number of nitrogens with two attached hydrogens (primary N) is 1. The third kappa shape index (κ3) is 6.17. The molecule has 0 aliphatic carbocycles. The van der Waals surface area contributed by atoms with Crippen molar-refractivity contribution < 1.29 is 22.7 Å². The highest BCUT2D eigenvalue weighted by Crippen LogP contribution is 2.19. The van der Waals surface area contributed by atoms with Crippen molar-refractivity contribution in [2.45, 2.75) is 33.0 Å². The van der Waals surface area contributed by atoms with Crippen LogP contribution in [-0.4, -0.2) is 57.6 Å². The van der Waals surface area contributed by atoms with E-state index in [2.05, 4.69) is 0 Å². The number of primary sulfonamides is 1. The lowest BCUT2D eigenvalue weighted by molar-refractivity contribution is -0.144. The molecule has 1 aliphatic heterocycles. The van der Waals surface area contributed by atoms with Crippen LogP contribution in [0.3, 0.4) is 0 Å². The minimum Gasteiger partial charge on any atom is -0.353 e. The summed E-state index contributed by atoms with van der Waals surface area (Å²) in [5.41, 5.74) is 0. The number of carbonyl (C=O) groups is 1. The second-order valence-corrected chi connectivity index (χ2v) is 6.53. The van der Waals surface area contributed by atoms with E-state index in [-0.39, 0.29) is 30.3 Å². The Morgan fingerprint density at radius 2 is 1.95 bits per heavy atom. The zero-order valence-corrected chi connectivity index (χ0v) is 12.9. The van der Waals surface area contributed by atoms with Crippen molar-refractivity contribution in [1.82, 2.24) is 4.90 Å². The summed E-state index contributed by atoms with van der Waals surface area (Å²) in [4.78, 5) is 13.5. The lowest BCUT2D eigenvalue weighted by Gasteiger charge is -2.21. The molecule has 1 atom stereocenters. The van der Waals surface area contributed by atoms with E-state index in [1.807, 2.05) is 13.8 Å². The van der Waals surface area contributed by atoms with Crippen LogP contribution < -0.4 is 5.14 Å². The summed E-state index contributed by atoms with van der Waals surface area (Å²) in [5, 5.41) is 5.01. The summed E-state index contributed by atoms with van der Waals surface area (Å²) in [6, 6.07) is 0. The molecule has 7 nitrogen and oxygen atoms in total. The molecule has 20 heavy (non-hydrogen) atoms. The van der Waals surface area contributed by atoms with Gasteiger partial charge in [-0.05, 0) is 13.8 Å². The molecule has 0 saturated carbocycles. The molecule has 0 spiro atoms. The molecule has 1 saturated heterocycles. The number of rotatable bonds is 9. The van der Waals surface area contributed by atoms with Gasteiger partial charge >= 0.3 is 0 Å². The molecule has 8 heteroatoms. The highest BCUT2D eigenvalue weighted by atomic mass is 32.2. The monoisotopic (exact) mass is 308 g/mol. The van der Waals surface area contributed by atoms with Crippen molar-refractivity contribution in [3.63, 3.8) is 0 Å². The second-order valence-electron chi connectivity index (χ2n) is 4.87. The molecule has 0 aromatic heterocycles. The Kier molecular flexibility index (Phi) is 6.87. The van der Waals surface area contributed by atoms with Gasteiger partial charge in [0.05, 0.1) is 5.75 Å². The van der Waals surface area contributed by atoms with Crippen LogP contribution in [0.15, 0.2) is 0 Å². The van der Waals surface area contributed by atoms with Crippen molar-refractivity contribution in [2.24, 2.45) is 11.1 Å². The van der Waals surface area contributed by atoms with Gasteiger partial charge in [0.1, 0.15) is 0 Å². The van der Waals surface area contributed by atoms with Gasteiger partial charge in [-0.2, -0.15) is 0 Å². The first kappa shape index (κ1) is 17.4. The van der Waals surface area contributed by atoms with Crippen LogP contribution in [0.25, 0.3) is 0 Å². The lowest BCUT2D eigenvalue weighted by Crippen LogP contribution is -2.31. The number of amides is 1. The van der Waals surface area contributed by atoms with E-state index < -0.39 is 10.0 Å². The smallest absolute Gasteiger partial charge is 0.222 e. The molecule has 0 bridgehead atoms. The highest BCUT2D eigenvalue weighted by molar-refractivity contribution is 7.89. The molecule has 0 aromatic rings. The maximum atomic E-state index is 11.8. The Morgan fingerprint density at radius 1 is 1.35 bits per heavy atom. The number of likely N-dealkylation sites (tertiary alicyclic amines) is 1. The first-order valence-corrected chi connectivity index (χ1v) is 8.58. The molecule has 0 radical (unpaired) electrons. The number of carbonyl (C=O) groups excluding carboxylic acids is 1. The van der Waals surface area contributed by atoms with E-state index in [9.17, 15) is 13.2 Å². The van der Waals surface area contributed by atoms with E-state index in [1.165, 1.54) is 0 Å². The molecule has 118 valence electrons. The fourth-order valence-electron chi connectivity index (χ4n) is 2.36. The maximum Gasteiger partial charge on any atom is 0.222 e. The van der Waals surface area contributed by atoms with E-state index in [0.29, 0.717) is 32.7 Å². The summed E-state index contributed by atoms with van der Waals surface area (Å²) in [5.74, 6) is -0.393. The molecule has 1 heterocycles. The average Bonchev–Trinajstić information content (AvgIpc) is 2.64. The normalized spacial score (nSPS) is 20.1. The van der Waals surface area contributed by atoms with Gasteiger partial charge in [-0.3, -0.25) is 4.79 Å². The van der Waals surface area contributed by atoms with E-state index >= 15 is 0 Å². The van der Waals surface area contributed by atoms with Gasteiger partial charge in [-0.25, -0.2) is 13.6 Å². The van der Waals surface area contributed by atoms with Crippen molar-refractivity contribution in [1.29, 1.82) is 0 Å². The SMILES string of the molecule is CCOC(CCN1CC(CS(N)(=O)=O)CC1=O)OCC. The number of hydrogen-bond donors (Lipinski definition) is 1. The van der Waals surface area contributed by atoms with Crippen LogP contribution in [-0.2, 0) is 24.3 Å². The van der Waals surface area contributed by atoms with Gasteiger partial charge in [0.15, 0.2) is 6.29 Å². The number of hydrogen-bond acceptors (Lipinski definition) is 5. The zero-order valence-electron chi connectivity index (χ0n) is 12.1. The minimum atomic E-state index is -3.53. The molecule has 1 rings (SSSR count).